The molecule has 1 N–H and O–H groups in total. The lowest BCUT2D eigenvalue weighted by Gasteiger charge is -2.28. The number of fused-ring (bicyclic) bond motifs is 2. The SMILES string of the molecule is CCCn1ncc2c1C(=O)Nc1ccccc1N2C(=O)CCN1CCCCC1. The van der Waals surface area contributed by atoms with Crippen LogP contribution in [0.5, 0.6) is 0 Å². The molecule has 28 heavy (non-hydrogen) atoms. The minimum absolute atomic E-state index is 0.00757. The number of aromatic nitrogens is 2. The van der Waals surface area contributed by atoms with Crippen LogP contribution >= 0.6 is 0 Å². The zero-order chi connectivity index (χ0) is 19.5. The molecule has 2 amide bonds. The molecule has 1 aromatic heterocycles. The van der Waals surface area contributed by atoms with Crippen molar-refractivity contribution in [1.82, 2.24) is 14.7 Å². The molecule has 7 nitrogen and oxygen atoms in total. The van der Waals surface area contributed by atoms with Crippen LogP contribution < -0.4 is 10.2 Å². The van der Waals surface area contributed by atoms with Gasteiger partial charge in [-0.15, -0.1) is 0 Å². The average Bonchev–Trinajstić information content (AvgIpc) is 3.07. The number of benzene rings is 1. The third-order valence-electron chi connectivity index (χ3n) is 5.44. The van der Waals surface area contributed by atoms with Gasteiger partial charge >= 0.3 is 0 Å². The van der Waals surface area contributed by atoms with Crippen molar-refractivity contribution in [2.24, 2.45) is 0 Å². The van der Waals surface area contributed by atoms with Gasteiger partial charge < -0.3 is 10.2 Å². The van der Waals surface area contributed by atoms with E-state index in [1.54, 1.807) is 15.8 Å². The predicted molar refractivity (Wildman–Crippen MR) is 109 cm³/mol. The lowest BCUT2D eigenvalue weighted by atomic mass is 10.1. The van der Waals surface area contributed by atoms with Crippen LogP contribution in [0.3, 0.4) is 0 Å². The zero-order valence-electron chi connectivity index (χ0n) is 16.4. The lowest BCUT2D eigenvalue weighted by molar-refractivity contribution is -0.118. The summed E-state index contributed by atoms with van der Waals surface area (Å²) in [4.78, 5) is 30.2. The first-order valence-electron chi connectivity index (χ1n) is 10.2. The largest absolute Gasteiger partial charge is 0.319 e. The van der Waals surface area contributed by atoms with E-state index in [4.69, 9.17) is 0 Å². The Kier molecular flexibility index (Phi) is 5.43. The normalized spacial score (nSPS) is 16.9. The van der Waals surface area contributed by atoms with E-state index in [2.05, 4.69) is 15.3 Å². The maximum absolute atomic E-state index is 13.3. The lowest BCUT2D eigenvalue weighted by Crippen LogP contribution is -2.35. The van der Waals surface area contributed by atoms with Gasteiger partial charge in [-0.25, -0.2) is 0 Å². The Morgan fingerprint density at radius 3 is 2.68 bits per heavy atom. The van der Waals surface area contributed by atoms with E-state index in [0.29, 0.717) is 35.7 Å². The Balaban J connectivity index is 1.67. The molecule has 0 bridgehead atoms. The molecule has 0 atom stereocenters. The van der Waals surface area contributed by atoms with Gasteiger partial charge in [0.15, 0.2) is 5.69 Å². The van der Waals surface area contributed by atoms with Gasteiger partial charge in [0.1, 0.15) is 0 Å². The molecule has 2 aliphatic heterocycles. The van der Waals surface area contributed by atoms with Crippen LogP contribution in [0.1, 0.15) is 49.5 Å². The van der Waals surface area contributed by atoms with Crippen molar-refractivity contribution < 1.29 is 9.59 Å². The van der Waals surface area contributed by atoms with E-state index in [1.165, 1.54) is 19.3 Å². The summed E-state index contributed by atoms with van der Waals surface area (Å²) in [6, 6.07) is 7.46. The number of likely N-dealkylation sites (tertiary alicyclic amines) is 1. The highest BCUT2D eigenvalue weighted by atomic mass is 16.2. The number of aryl methyl sites for hydroxylation is 1. The molecule has 0 radical (unpaired) electrons. The Morgan fingerprint density at radius 1 is 1.11 bits per heavy atom. The van der Waals surface area contributed by atoms with Crippen molar-refractivity contribution >= 4 is 28.9 Å². The summed E-state index contributed by atoms with van der Waals surface area (Å²) in [5.74, 6) is -0.230. The van der Waals surface area contributed by atoms with Gasteiger partial charge in [-0.05, 0) is 44.5 Å². The van der Waals surface area contributed by atoms with Gasteiger partial charge in [-0.3, -0.25) is 19.2 Å². The first-order valence-corrected chi connectivity index (χ1v) is 10.2. The highest BCUT2D eigenvalue weighted by Crippen LogP contribution is 2.38. The molecule has 1 aromatic carbocycles. The average molecular weight is 381 g/mol. The van der Waals surface area contributed by atoms with Crippen LogP contribution in [0.2, 0.25) is 0 Å². The number of rotatable bonds is 5. The minimum atomic E-state index is -0.222. The molecule has 0 unspecified atom stereocenters. The maximum Gasteiger partial charge on any atom is 0.276 e. The standard InChI is InChI=1S/C21H27N5O2/c1-2-11-25-20-18(15-22-25)26(17-9-5-4-8-16(17)23-21(20)28)19(27)10-14-24-12-6-3-7-13-24/h4-5,8-9,15H,2-3,6-7,10-14H2,1H3,(H,23,28). The Labute approximate surface area is 165 Å². The predicted octanol–water partition coefficient (Wildman–Crippen LogP) is 3.40. The number of piperidine rings is 1. The van der Waals surface area contributed by atoms with Crippen molar-refractivity contribution in [2.75, 3.05) is 29.9 Å². The highest BCUT2D eigenvalue weighted by molar-refractivity contribution is 6.16. The van der Waals surface area contributed by atoms with E-state index in [1.807, 2.05) is 31.2 Å². The molecule has 2 aliphatic rings. The molecule has 1 saturated heterocycles. The summed E-state index contributed by atoms with van der Waals surface area (Å²) in [7, 11) is 0. The number of para-hydroxylation sites is 2. The Morgan fingerprint density at radius 2 is 1.89 bits per heavy atom. The molecule has 3 heterocycles. The molecule has 1 fully saturated rings. The van der Waals surface area contributed by atoms with Crippen molar-refractivity contribution in [3.8, 4) is 0 Å². The molecule has 2 aromatic rings. The van der Waals surface area contributed by atoms with Gasteiger partial charge in [-0.1, -0.05) is 25.5 Å². The number of carbonyl (C=O) groups excluding carboxylic acids is 2. The molecule has 0 saturated carbocycles. The smallest absolute Gasteiger partial charge is 0.276 e. The summed E-state index contributed by atoms with van der Waals surface area (Å²) in [5, 5.41) is 7.34. The van der Waals surface area contributed by atoms with Gasteiger partial charge in [0.2, 0.25) is 5.91 Å². The van der Waals surface area contributed by atoms with E-state index in [-0.39, 0.29) is 11.8 Å². The maximum atomic E-state index is 13.3. The second-order valence-corrected chi connectivity index (χ2v) is 7.45. The van der Waals surface area contributed by atoms with Crippen molar-refractivity contribution in [3.05, 3.63) is 36.2 Å². The number of nitrogens with zero attached hydrogens (tertiary/aromatic N) is 4. The van der Waals surface area contributed by atoms with Crippen molar-refractivity contribution in [2.45, 2.75) is 45.6 Å². The molecule has 7 heteroatoms. The number of hydrogen-bond donors (Lipinski definition) is 1. The fourth-order valence-electron chi connectivity index (χ4n) is 4.06. The first-order chi connectivity index (χ1) is 13.7. The first kappa shape index (κ1) is 18.7. The van der Waals surface area contributed by atoms with Crippen LogP contribution in [0.15, 0.2) is 30.5 Å². The zero-order valence-corrected chi connectivity index (χ0v) is 16.4. The fourth-order valence-corrected chi connectivity index (χ4v) is 4.06. The molecule has 0 aliphatic carbocycles. The summed E-state index contributed by atoms with van der Waals surface area (Å²) in [6.45, 7) is 5.54. The quantitative estimate of drug-likeness (QED) is 0.862. The number of carbonyl (C=O) groups is 2. The van der Waals surface area contributed by atoms with Crippen LogP contribution in [-0.2, 0) is 11.3 Å². The van der Waals surface area contributed by atoms with E-state index >= 15 is 0 Å². The van der Waals surface area contributed by atoms with Crippen LogP contribution in [0.25, 0.3) is 0 Å². The third-order valence-corrected chi connectivity index (χ3v) is 5.44. The number of anilines is 3. The van der Waals surface area contributed by atoms with Gasteiger partial charge in [-0.2, -0.15) is 5.10 Å². The highest BCUT2D eigenvalue weighted by Gasteiger charge is 2.32. The summed E-state index contributed by atoms with van der Waals surface area (Å²) in [6.07, 6.45) is 6.60. The van der Waals surface area contributed by atoms with E-state index < -0.39 is 0 Å². The van der Waals surface area contributed by atoms with Crippen LogP contribution in [0.4, 0.5) is 17.1 Å². The Hall–Kier alpha value is -2.67. The molecule has 148 valence electrons. The summed E-state index contributed by atoms with van der Waals surface area (Å²) < 4.78 is 1.70. The molecular weight excluding hydrogens is 354 g/mol. The molecule has 4 rings (SSSR count). The summed E-state index contributed by atoms with van der Waals surface area (Å²) in [5.41, 5.74) is 2.37. The van der Waals surface area contributed by atoms with Crippen LogP contribution in [-0.4, -0.2) is 46.1 Å². The van der Waals surface area contributed by atoms with Gasteiger partial charge in [0, 0.05) is 19.5 Å². The Bertz CT molecular complexity index is 869. The van der Waals surface area contributed by atoms with E-state index in [0.717, 1.165) is 26.1 Å². The monoisotopic (exact) mass is 381 g/mol. The third kappa shape index (κ3) is 3.54. The fraction of sp³-hybridized carbons (Fsp3) is 0.476. The number of hydrogen-bond acceptors (Lipinski definition) is 4. The molecule has 0 spiro atoms. The second kappa shape index (κ2) is 8.14. The number of nitrogens with one attached hydrogen (secondary N) is 1. The van der Waals surface area contributed by atoms with E-state index in [9.17, 15) is 9.59 Å². The topological polar surface area (TPSA) is 70.5 Å². The van der Waals surface area contributed by atoms with Gasteiger partial charge in [0.05, 0.1) is 23.3 Å². The van der Waals surface area contributed by atoms with Crippen molar-refractivity contribution in [1.29, 1.82) is 0 Å². The number of amides is 2. The molecular formula is C21H27N5O2. The van der Waals surface area contributed by atoms with Crippen molar-refractivity contribution in [3.63, 3.8) is 0 Å². The minimum Gasteiger partial charge on any atom is -0.319 e. The second-order valence-electron chi connectivity index (χ2n) is 7.45. The summed E-state index contributed by atoms with van der Waals surface area (Å²) >= 11 is 0. The van der Waals surface area contributed by atoms with Gasteiger partial charge in [0.25, 0.3) is 5.91 Å². The van der Waals surface area contributed by atoms with Crippen LogP contribution in [0, 0.1) is 0 Å².